The van der Waals surface area contributed by atoms with E-state index in [9.17, 15) is 22.8 Å². The molecule has 1 aliphatic carbocycles. The molecule has 0 unspecified atom stereocenters. The monoisotopic (exact) mass is 403 g/mol. The molecule has 10 heteroatoms. The zero-order chi connectivity index (χ0) is 20.8. The topological polar surface area (TPSA) is 92.7 Å². The molecule has 2 N–H and O–H groups in total. The Hall–Kier alpha value is -3.43. The van der Waals surface area contributed by atoms with Crippen LogP contribution in [-0.2, 0) is 6.18 Å². The minimum absolute atomic E-state index is 0.0707. The van der Waals surface area contributed by atoms with Crippen molar-refractivity contribution in [2.24, 2.45) is 0 Å². The van der Waals surface area contributed by atoms with E-state index < -0.39 is 28.8 Å². The quantitative estimate of drug-likeness (QED) is 0.698. The van der Waals surface area contributed by atoms with Crippen molar-refractivity contribution in [3.8, 4) is 5.95 Å². The Morgan fingerprint density at radius 1 is 1.24 bits per heavy atom. The summed E-state index contributed by atoms with van der Waals surface area (Å²) in [4.78, 5) is 31.2. The number of anilines is 1. The smallest absolute Gasteiger partial charge is 0.306 e. The molecule has 2 heterocycles. The number of aromatic amines is 1. The summed E-state index contributed by atoms with van der Waals surface area (Å²) in [6.45, 7) is 1.63. The fourth-order valence-corrected chi connectivity index (χ4v) is 3.00. The number of hydrogen-bond acceptors (Lipinski definition) is 4. The SMILES string of the molecule is Cc1cc(=O)[nH]c(-n2nc(C3CC3)cc2NC(=O)c2ccccc2C(F)(F)F)n1. The third-order valence-electron chi connectivity index (χ3n) is 4.50. The number of nitrogens with one attached hydrogen (secondary N) is 2. The summed E-state index contributed by atoms with van der Waals surface area (Å²) in [5.41, 5.74) is -0.837. The molecule has 3 aromatic rings. The maximum atomic E-state index is 13.3. The molecular weight excluding hydrogens is 387 g/mol. The number of carbonyl (C=O) groups excluding carboxylic acids is 1. The highest BCUT2D eigenvalue weighted by molar-refractivity contribution is 6.05. The first-order valence-electron chi connectivity index (χ1n) is 8.88. The average molecular weight is 403 g/mol. The molecule has 2 aromatic heterocycles. The van der Waals surface area contributed by atoms with E-state index in [-0.39, 0.29) is 17.7 Å². The van der Waals surface area contributed by atoms with E-state index in [0.717, 1.165) is 25.0 Å². The molecule has 0 spiro atoms. The van der Waals surface area contributed by atoms with Gasteiger partial charge in [0.25, 0.3) is 11.5 Å². The van der Waals surface area contributed by atoms with Crippen LogP contribution in [0.5, 0.6) is 0 Å². The highest BCUT2D eigenvalue weighted by Gasteiger charge is 2.35. The Labute approximate surface area is 162 Å². The van der Waals surface area contributed by atoms with Crippen LogP contribution in [0.4, 0.5) is 19.0 Å². The number of carbonyl (C=O) groups is 1. The van der Waals surface area contributed by atoms with Gasteiger partial charge in [-0.15, -0.1) is 0 Å². The zero-order valence-electron chi connectivity index (χ0n) is 15.2. The second kappa shape index (κ2) is 6.87. The molecule has 0 bridgehead atoms. The van der Waals surface area contributed by atoms with E-state index in [1.807, 2.05) is 0 Å². The van der Waals surface area contributed by atoms with Gasteiger partial charge >= 0.3 is 6.18 Å². The summed E-state index contributed by atoms with van der Waals surface area (Å²) in [7, 11) is 0. The second-order valence-corrected chi connectivity index (χ2v) is 6.85. The molecule has 1 fully saturated rings. The van der Waals surface area contributed by atoms with Gasteiger partial charge in [-0.25, -0.2) is 4.98 Å². The number of H-pyrrole nitrogens is 1. The first-order chi connectivity index (χ1) is 13.7. The van der Waals surface area contributed by atoms with Crippen molar-refractivity contribution in [1.82, 2.24) is 19.7 Å². The van der Waals surface area contributed by atoms with E-state index in [2.05, 4.69) is 20.4 Å². The summed E-state index contributed by atoms with van der Waals surface area (Å²) < 4.78 is 41.0. The Morgan fingerprint density at radius 2 is 1.97 bits per heavy atom. The van der Waals surface area contributed by atoms with Crippen LogP contribution in [-0.4, -0.2) is 25.7 Å². The number of amides is 1. The minimum Gasteiger partial charge on any atom is -0.306 e. The number of alkyl halides is 3. The normalized spacial score (nSPS) is 14.1. The number of benzene rings is 1. The van der Waals surface area contributed by atoms with E-state index in [1.165, 1.54) is 22.9 Å². The van der Waals surface area contributed by atoms with Crippen molar-refractivity contribution in [3.05, 3.63) is 69.3 Å². The van der Waals surface area contributed by atoms with Crippen LogP contribution in [0.2, 0.25) is 0 Å². The van der Waals surface area contributed by atoms with Crippen LogP contribution in [0, 0.1) is 6.92 Å². The van der Waals surface area contributed by atoms with Gasteiger partial charge in [-0.3, -0.25) is 14.6 Å². The van der Waals surface area contributed by atoms with Crippen LogP contribution in [0.25, 0.3) is 5.95 Å². The Bertz CT molecular complexity index is 1150. The van der Waals surface area contributed by atoms with Gasteiger partial charge in [-0.2, -0.15) is 23.0 Å². The molecule has 29 heavy (non-hydrogen) atoms. The largest absolute Gasteiger partial charge is 0.417 e. The van der Waals surface area contributed by atoms with E-state index in [0.29, 0.717) is 11.4 Å². The first-order valence-corrected chi connectivity index (χ1v) is 8.88. The third-order valence-corrected chi connectivity index (χ3v) is 4.50. The molecule has 0 atom stereocenters. The number of hydrogen-bond donors (Lipinski definition) is 2. The van der Waals surface area contributed by atoms with Gasteiger partial charge < -0.3 is 5.32 Å². The molecule has 0 saturated heterocycles. The number of nitrogens with zero attached hydrogens (tertiary/aromatic N) is 3. The first kappa shape index (κ1) is 18.9. The lowest BCUT2D eigenvalue weighted by Crippen LogP contribution is -2.21. The predicted molar refractivity (Wildman–Crippen MR) is 98.1 cm³/mol. The Morgan fingerprint density at radius 3 is 2.62 bits per heavy atom. The van der Waals surface area contributed by atoms with Crippen molar-refractivity contribution < 1.29 is 18.0 Å². The zero-order valence-corrected chi connectivity index (χ0v) is 15.2. The molecule has 1 aromatic carbocycles. The maximum absolute atomic E-state index is 13.3. The van der Waals surface area contributed by atoms with Gasteiger partial charge in [-0.05, 0) is 31.9 Å². The maximum Gasteiger partial charge on any atom is 0.417 e. The average Bonchev–Trinajstić information content (AvgIpc) is 3.41. The second-order valence-electron chi connectivity index (χ2n) is 6.85. The molecule has 1 aliphatic rings. The van der Waals surface area contributed by atoms with Crippen LogP contribution < -0.4 is 10.9 Å². The van der Waals surface area contributed by atoms with Crippen molar-refractivity contribution >= 4 is 11.7 Å². The van der Waals surface area contributed by atoms with Gasteiger partial charge in [0.15, 0.2) is 0 Å². The summed E-state index contributed by atoms with van der Waals surface area (Å²) in [5.74, 6) is -0.522. The lowest BCUT2D eigenvalue weighted by molar-refractivity contribution is -0.137. The van der Waals surface area contributed by atoms with Gasteiger partial charge in [0.05, 0.1) is 16.8 Å². The van der Waals surface area contributed by atoms with Gasteiger partial charge in [-0.1, -0.05) is 12.1 Å². The molecular formula is C19H16F3N5O2. The fraction of sp³-hybridized carbons (Fsp3) is 0.263. The van der Waals surface area contributed by atoms with Crippen LogP contribution in [0.1, 0.15) is 46.1 Å². The molecule has 4 rings (SSSR count). The number of halogens is 3. The Balaban J connectivity index is 1.74. The van der Waals surface area contributed by atoms with Crippen molar-refractivity contribution in [2.75, 3.05) is 5.32 Å². The lowest BCUT2D eigenvalue weighted by atomic mass is 10.1. The summed E-state index contributed by atoms with van der Waals surface area (Å²) >= 11 is 0. The number of rotatable bonds is 4. The minimum atomic E-state index is -4.67. The fourth-order valence-electron chi connectivity index (χ4n) is 3.00. The van der Waals surface area contributed by atoms with Crippen LogP contribution >= 0.6 is 0 Å². The number of aryl methyl sites for hydroxylation is 1. The number of aromatic nitrogens is 4. The molecule has 1 amide bonds. The van der Waals surface area contributed by atoms with Crippen LogP contribution in [0.15, 0.2) is 41.2 Å². The highest BCUT2D eigenvalue weighted by Crippen LogP contribution is 2.40. The summed E-state index contributed by atoms with van der Waals surface area (Å²) in [6, 6.07) is 7.42. The van der Waals surface area contributed by atoms with Crippen molar-refractivity contribution in [1.29, 1.82) is 0 Å². The van der Waals surface area contributed by atoms with Crippen LogP contribution in [0.3, 0.4) is 0 Å². The molecule has 7 nitrogen and oxygen atoms in total. The molecule has 1 saturated carbocycles. The standard InChI is InChI=1S/C19H16F3N5O2/c1-10-8-16(28)25-18(23-10)27-15(9-14(26-27)11-6-7-11)24-17(29)12-4-2-3-5-13(12)19(20,21)22/h2-5,8-9,11H,6-7H2,1H3,(H,24,29)(H,23,25,28). The van der Waals surface area contributed by atoms with Crippen molar-refractivity contribution in [2.45, 2.75) is 31.9 Å². The van der Waals surface area contributed by atoms with Gasteiger partial charge in [0, 0.05) is 23.7 Å². The molecule has 0 radical (unpaired) electrons. The van der Waals surface area contributed by atoms with E-state index >= 15 is 0 Å². The molecule has 150 valence electrons. The third kappa shape index (κ3) is 3.91. The predicted octanol–water partition coefficient (Wildman–Crippen LogP) is 3.41. The summed E-state index contributed by atoms with van der Waals surface area (Å²) in [6.07, 6.45) is -2.81. The van der Waals surface area contributed by atoms with Crippen molar-refractivity contribution in [3.63, 3.8) is 0 Å². The molecule has 0 aliphatic heterocycles. The lowest BCUT2D eigenvalue weighted by Gasteiger charge is -2.13. The van der Waals surface area contributed by atoms with E-state index in [1.54, 1.807) is 13.0 Å². The summed E-state index contributed by atoms with van der Waals surface area (Å²) in [5, 5.41) is 6.87. The van der Waals surface area contributed by atoms with E-state index in [4.69, 9.17) is 0 Å². The van der Waals surface area contributed by atoms with Gasteiger partial charge in [0.1, 0.15) is 5.82 Å². The van der Waals surface area contributed by atoms with Gasteiger partial charge in [0.2, 0.25) is 5.95 Å². The highest BCUT2D eigenvalue weighted by atomic mass is 19.4. The Kier molecular flexibility index (Phi) is 4.48.